The van der Waals surface area contributed by atoms with E-state index in [0.29, 0.717) is 13.0 Å². The highest BCUT2D eigenvalue weighted by molar-refractivity contribution is 7.99. The number of unbranched alkanes of at least 4 members (excludes halogenated alkanes) is 1. The zero-order valence-corrected chi connectivity index (χ0v) is 10.7. The van der Waals surface area contributed by atoms with Gasteiger partial charge in [0, 0.05) is 44.1 Å². The molecule has 0 saturated carbocycles. The molecule has 0 unspecified atom stereocenters. The fourth-order valence-electron chi connectivity index (χ4n) is 1.70. The Kier molecular flexibility index (Phi) is 7.63. The van der Waals surface area contributed by atoms with E-state index in [1.807, 2.05) is 11.8 Å². The van der Waals surface area contributed by atoms with E-state index in [1.165, 1.54) is 11.5 Å². The monoisotopic (exact) mass is 245 g/mol. The lowest BCUT2D eigenvalue weighted by Crippen LogP contribution is -2.39. The summed E-state index contributed by atoms with van der Waals surface area (Å²) in [5, 5.41) is 2.96. The second-order valence-corrected chi connectivity index (χ2v) is 5.27. The predicted molar refractivity (Wildman–Crippen MR) is 69.7 cm³/mol. The van der Waals surface area contributed by atoms with Crippen molar-refractivity contribution in [2.75, 3.05) is 44.2 Å². The summed E-state index contributed by atoms with van der Waals surface area (Å²) in [6.45, 7) is 4.77. The Morgan fingerprint density at radius 3 is 2.75 bits per heavy atom. The Labute approximate surface area is 102 Å². The zero-order valence-electron chi connectivity index (χ0n) is 9.91. The van der Waals surface area contributed by atoms with Crippen LogP contribution in [-0.4, -0.2) is 55.0 Å². The summed E-state index contributed by atoms with van der Waals surface area (Å²) >= 11 is 2.01. The van der Waals surface area contributed by atoms with Gasteiger partial charge >= 0.3 is 0 Å². The summed E-state index contributed by atoms with van der Waals surface area (Å²) in [5.74, 6) is 2.62. The molecule has 1 fully saturated rings. The minimum atomic E-state index is 0.167. The predicted octanol–water partition coefficient (Wildman–Crippen LogP) is 0.280. The van der Waals surface area contributed by atoms with Gasteiger partial charge in [-0.05, 0) is 19.4 Å². The first-order valence-corrected chi connectivity index (χ1v) is 7.25. The second-order valence-electron chi connectivity index (χ2n) is 4.05. The molecule has 5 heteroatoms. The Bertz CT molecular complexity index is 196. The summed E-state index contributed by atoms with van der Waals surface area (Å²) < 4.78 is 0. The van der Waals surface area contributed by atoms with Crippen molar-refractivity contribution in [3.05, 3.63) is 0 Å². The Morgan fingerprint density at radius 2 is 2.06 bits per heavy atom. The number of amides is 1. The van der Waals surface area contributed by atoms with E-state index in [1.54, 1.807) is 0 Å². The Balaban J connectivity index is 1.94. The first-order chi connectivity index (χ1) is 7.83. The lowest BCUT2D eigenvalue weighted by atomic mass is 10.2. The fraction of sp³-hybridized carbons (Fsp3) is 0.909. The largest absolute Gasteiger partial charge is 0.355 e. The molecule has 0 aromatic heterocycles. The van der Waals surface area contributed by atoms with Gasteiger partial charge in [0.2, 0.25) is 5.91 Å². The van der Waals surface area contributed by atoms with Gasteiger partial charge in [-0.1, -0.05) is 0 Å². The van der Waals surface area contributed by atoms with Gasteiger partial charge in [0.1, 0.15) is 0 Å². The SMILES string of the molecule is NCCCCC(=O)NCCN1CCSCC1. The molecule has 1 amide bonds. The highest BCUT2D eigenvalue weighted by Crippen LogP contribution is 2.07. The topological polar surface area (TPSA) is 58.4 Å². The smallest absolute Gasteiger partial charge is 0.220 e. The third kappa shape index (κ3) is 6.35. The van der Waals surface area contributed by atoms with Gasteiger partial charge in [0.15, 0.2) is 0 Å². The van der Waals surface area contributed by atoms with Crippen molar-refractivity contribution < 1.29 is 4.79 Å². The van der Waals surface area contributed by atoms with Crippen molar-refractivity contribution in [1.29, 1.82) is 0 Å². The van der Waals surface area contributed by atoms with Gasteiger partial charge in [0.25, 0.3) is 0 Å². The fourth-order valence-corrected chi connectivity index (χ4v) is 2.68. The van der Waals surface area contributed by atoms with Crippen molar-refractivity contribution in [1.82, 2.24) is 10.2 Å². The maximum atomic E-state index is 11.4. The number of carbonyl (C=O) groups excluding carboxylic acids is 1. The standard InChI is InChI=1S/C11H23N3OS/c12-4-2-1-3-11(15)13-5-6-14-7-9-16-10-8-14/h1-10,12H2,(H,13,15). The number of thioether (sulfide) groups is 1. The average molecular weight is 245 g/mol. The van der Waals surface area contributed by atoms with Crippen molar-refractivity contribution in [2.45, 2.75) is 19.3 Å². The first kappa shape index (κ1) is 13.8. The molecule has 0 aromatic rings. The van der Waals surface area contributed by atoms with Crippen LogP contribution in [0.15, 0.2) is 0 Å². The van der Waals surface area contributed by atoms with Crippen LogP contribution in [0, 0.1) is 0 Å². The van der Waals surface area contributed by atoms with E-state index < -0.39 is 0 Å². The van der Waals surface area contributed by atoms with Crippen LogP contribution in [0.1, 0.15) is 19.3 Å². The van der Waals surface area contributed by atoms with Crippen LogP contribution < -0.4 is 11.1 Å². The molecule has 1 rings (SSSR count). The van der Waals surface area contributed by atoms with Crippen LogP contribution in [0.25, 0.3) is 0 Å². The molecule has 16 heavy (non-hydrogen) atoms. The molecule has 1 aliphatic rings. The number of hydrogen-bond donors (Lipinski definition) is 2. The molecular weight excluding hydrogens is 222 g/mol. The molecule has 0 aliphatic carbocycles. The third-order valence-electron chi connectivity index (χ3n) is 2.71. The van der Waals surface area contributed by atoms with Gasteiger partial charge in [-0.25, -0.2) is 0 Å². The molecule has 4 nitrogen and oxygen atoms in total. The number of nitrogens with zero attached hydrogens (tertiary/aromatic N) is 1. The summed E-state index contributed by atoms with van der Waals surface area (Å²) in [7, 11) is 0. The molecular formula is C11H23N3OS. The average Bonchev–Trinajstić information content (AvgIpc) is 2.31. The van der Waals surface area contributed by atoms with Crippen molar-refractivity contribution in [3.63, 3.8) is 0 Å². The van der Waals surface area contributed by atoms with E-state index in [2.05, 4.69) is 10.2 Å². The number of nitrogens with two attached hydrogens (primary N) is 1. The van der Waals surface area contributed by atoms with E-state index in [0.717, 1.165) is 39.0 Å². The lowest BCUT2D eigenvalue weighted by molar-refractivity contribution is -0.121. The molecule has 3 N–H and O–H groups in total. The summed E-state index contributed by atoms with van der Waals surface area (Å²) in [4.78, 5) is 13.8. The van der Waals surface area contributed by atoms with Crippen molar-refractivity contribution >= 4 is 17.7 Å². The molecule has 0 bridgehead atoms. The van der Waals surface area contributed by atoms with E-state index in [-0.39, 0.29) is 5.91 Å². The summed E-state index contributed by atoms with van der Waals surface area (Å²) in [6.07, 6.45) is 2.46. The molecule has 94 valence electrons. The minimum absolute atomic E-state index is 0.167. The molecule has 1 heterocycles. The normalized spacial score (nSPS) is 17.3. The lowest BCUT2D eigenvalue weighted by Gasteiger charge is -2.25. The van der Waals surface area contributed by atoms with E-state index >= 15 is 0 Å². The van der Waals surface area contributed by atoms with E-state index in [4.69, 9.17) is 5.73 Å². The number of rotatable bonds is 7. The van der Waals surface area contributed by atoms with Crippen molar-refractivity contribution in [2.24, 2.45) is 5.73 Å². The highest BCUT2D eigenvalue weighted by Gasteiger charge is 2.09. The Hall–Kier alpha value is -0.260. The van der Waals surface area contributed by atoms with Gasteiger partial charge in [-0.15, -0.1) is 0 Å². The van der Waals surface area contributed by atoms with Crippen LogP contribution in [0.3, 0.4) is 0 Å². The van der Waals surface area contributed by atoms with Crippen LogP contribution in [-0.2, 0) is 4.79 Å². The highest BCUT2D eigenvalue weighted by atomic mass is 32.2. The maximum absolute atomic E-state index is 11.4. The minimum Gasteiger partial charge on any atom is -0.355 e. The van der Waals surface area contributed by atoms with Crippen LogP contribution >= 0.6 is 11.8 Å². The summed E-state index contributed by atoms with van der Waals surface area (Å²) in [6, 6.07) is 0. The molecule has 0 spiro atoms. The molecule has 0 radical (unpaired) electrons. The van der Waals surface area contributed by atoms with Crippen LogP contribution in [0.5, 0.6) is 0 Å². The second kappa shape index (κ2) is 8.84. The molecule has 1 aliphatic heterocycles. The van der Waals surface area contributed by atoms with Gasteiger partial charge in [0.05, 0.1) is 0 Å². The zero-order chi connectivity index (χ0) is 11.6. The van der Waals surface area contributed by atoms with Crippen LogP contribution in [0.4, 0.5) is 0 Å². The summed E-state index contributed by atoms with van der Waals surface area (Å²) in [5.41, 5.74) is 5.37. The van der Waals surface area contributed by atoms with Gasteiger partial charge < -0.3 is 11.1 Å². The van der Waals surface area contributed by atoms with Crippen LogP contribution in [0.2, 0.25) is 0 Å². The number of carbonyl (C=O) groups is 1. The Morgan fingerprint density at radius 1 is 1.31 bits per heavy atom. The van der Waals surface area contributed by atoms with Gasteiger partial charge in [-0.3, -0.25) is 9.69 Å². The molecule has 0 aromatic carbocycles. The van der Waals surface area contributed by atoms with E-state index in [9.17, 15) is 4.79 Å². The van der Waals surface area contributed by atoms with Crippen molar-refractivity contribution in [3.8, 4) is 0 Å². The third-order valence-corrected chi connectivity index (χ3v) is 3.65. The number of nitrogens with one attached hydrogen (secondary N) is 1. The number of hydrogen-bond acceptors (Lipinski definition) is 4. The quantitative estimate of drug-likeness (QED) is 0.633. The molecule has 1 saturated heterocycles. The van der Waals surface area contributed by atoms with Gasteiger partial charge in [-0.2, -0.15) is 11.8 Å². The first-order valence-electron chi connectivity index (χ1n) is 6.10. The maximum Gasteiger partial charge on any atom is 0.220 e. The molecule has 0 atom stereocenters.